The van der Waals surface area contributed by atoms with Gasteiger partial charge in [0, 0.05) is 18.0 Å². The molecule has 1 saturated heterocycles. The Morgan fingerprint density at radius 2 is 2.04 bits per heavy atom. The highest BCUT2D eigenvalue weighted by molar-refractivity contribution is 7.17. The van der Waals surface area contributed by atoms with E-state index in [1.54, 1.807) is 11.3 Å². The molecule has 4 rings (SSSR count). The van der Waals surface area contributed by atoms with Crippen molar-refractivity contribution in [3.05, 3.63) is 45.1 Å². The monoisotopic (exact) mass is 344 g/mol. The highest BCUT2D eigenvalue weighted by Gasteiger charge is 2.25. The molecule has 23 heavy (non-hydrogen) atoms. The van der Waals surface area contributed by atoms with Gasteiger partial charge in [-0.1, -0.05) is 6.07 Å². The van der Waals surface area contributed by atoms with Crippen LogP contribution in [0.25, 0.3) is 6.08 Å². The number of hydrogen-bond donors (Lipinski definition) is 0. The maximum Gasteiger partial charge on any atom is 0.363 e. The van der Waals surface area contributed by atoms with Gasteiger partial charge in [-0.25, -0.2) is 9.79 Å². The van der Waals surface area contributed by atoms with Crippen molar-refractivity contribution >= 4 is 45.6 Å². The van der Waals surface area contributed by atoms with Crippen molar-refractivity contribution in [3.8, 4) is 0 Å². The molecule has 1 fully saturated rings. The molecule has 0 atom stereocenters. The number of cyclic esters (lactones) is 1. The van der Waals surface area contributed by atoms with E-state index in [0.29, 0.717) is 11.6 Å². The third-order valence-electron chi connectivity index (χ3n) is 3.91. The van der Waals surface area contributed by atoms with Gasteiger partial charge in [0.15, 0.2) is 5.70 Å². The lowest BCUT2D eigenvalue weighted by atomic mass is 10.1. The highest BCUT2D eigenvalue weighted by Crippen LogP contribution is 2.31. The summed E-state index contributed by atoms with van der Waals surface area (Å²) in [6.45, 7) is 2.25. The minimum atomic E-state index is -0.374. The average molecular weight is 344 g/mol. The third-order valence-corrected chi connectivity index (χ3v) is 5.86. The zero-order chi connectivity index (χ0) is 15.6. The summed E-state index contributed by atoms with van der Waals surface area (Å²) in [5.41, 5.74) is 0.375. The lowest BCUT2D eigenvalue weighted by Gasteiger charge is -2.27. The van der Waals surface area contributed by atoms with Gasteiger partial charge in [0.25, 0.3) is 0 Å². The fourth-order valence-electron chi connectivity index (χ4n) is 2.75. The predicted octanol–water partition coefficient (Wildman–Crippen LogP) is 4.14. The molecule has 0 bridgehead atoms. The first kappa shape index (κ1) is 14.7. The molecule has 2 aliphatic heterocycles. The Kier molecular flexibility index (Phi) is 4.01. The first-order valence-corrected chi connectivity index (χ1v) is 9.40. The topological polar surface area (TPSA) is 41.9 Å². The summed E-state index contributed by atoms with van der Waals surface area (Å²) in [7, 11) is 0. The molecule has 0 amide bonds. The molecule has 0 aromatic carbocycles. The van der Waals surface area contributed by atoms with Gasteiger partial charge in [-0.15, -0.1) is 22.7 Å². The van der Waals surface area contributed by atoms with Gasteiger partial charge < -0.3 is 9.64 Å². The van der Waals surface area contributed by atoms with E-state index in [2.05, 4.69) is 16.0 Å². The Morgan fingerprint density at radius 1 is 1.17 bits per heavy atom. The largest absolute Gasteiger partial charge is 0.401 e. The number of thiophene rings is 2. The van der Waals surface area contributed by atoms with Crippen molar-refractivity contribution in [3.63, 3.8) is 0 Å². The van der Waals surface area contributed by atoms with Crippen molar-refractivity contribution < 1.29 is 9.53 Å². The maximum absolute atomic E-state index is 12.0. The molecule has 118 valence electrons. The Morgan fingerprint density at radius 3 is 2.83 bits per heavy atom. The van der Waals surface area contributed by atoms with Crippen LogP contribution in [-0.4, -0.2) is 25.0 Å². The zero-order valence-corrected chi connectivity index (χ0v) is 14.2. The Hall–Kier alpha value is -1.92. The van der Waals surface area contributed by atoms with Crippen LogP contribution in [0.2, 0.25) is 0 Å². The van der Waals surface area contributed by atoms with Crippen molar-refractivity contribution in [1.82, 2.24) is 0 Å². The number of ether oxygens (including phenoxy) is 1. The molecule has 0 spiro atoms. The minimum Gasteiger partial charge on any atom is -0.401 e. The molecule has 4 heterocycles. The van der Waals surface area contributed by atoms with Crippen LogP contribution in [0.5, 0.6) is 0 Å². The minimum absolute atomic E-state index is 0.374. The summed E-state index contributed by atoms with van der Waals surface area (Å²) >= 11 is 3.22. The van der Waals surface area contributed by atoms with Crippen LogP contribution in [0, 0.1) is 0 Å². The van der Waals surface area contributed by atoms with Crippen LogP contribution in [0.15, 0.2) is 40.3 Å². The van der Waals surface area contributed by atoms with Gasteiger partial charge in [0.1, 0.15) is 0 Å². The standard InChI is InChI=1S/C17H16N2O2S2/c20-17-13(18-16(21-17)14-5-4-10-22-14)11-12-6-7-15(23-12)19-8-2-1-3-9-19/h4-7,10-11H,1-3,8-9H2/b13-11-. The van der Waals surface area contributed by atoms with E-state index < -0.39 is 0 Å². The van der Waals surface area contributed by atoms with E-state index in [0.717, 1.165) is 22.8 Å². The van der Waals surface area contributed by atoms with Crippen LogP contribution < -0.4 is 4.90 Å². The predicted molar refractivity (Wildman–Crippen MR) is 95.3 cm³/mol. The summed E-state index contributed by atoms with van der Waals surface area (Å²) < 4.78 is 5.26. The second kappa shape index (κ2) is 6.29. The summed E-state index contributed by atoms with van der Waals surface area (Å²) in [6, 6.07) is 8.00. The Bertz CT molecular complexity index is 768. The maximum atomic E-state index is 12.0. The quantitative estimate of drug-likeness (QED) is 0.621. The first-order valence-electron chi connectivity index (χ1n) is 7.71. The van der Waals surface area contributed by atoms with Crippen LogP contribution in [-0.2, 0) is 9.53 Å². The van der Waals surface area contributed by atoms with Crippen LogP contribution >= 0.6 is 22.7 Å². The van der Waals surface area contributed by atoms with Crippen LogP contribution in [0.1, 0.15) is 29.0 Å². The van der Waals surface area contributed by atoms with E-state index in [1.807, 2.05) is 29.7 Å². The molecule has 2 aromatic heterocycles. The molecule has 0 aliphatic carbocycles. The number of carbonyl (C=O) groups excluding carboxylic acids is 1. The fourth-order valence-corrected chi connectivity index (χ4v) is 4.40. The summed E-state index contributed by atoms with van der Waals surface area (Å²) in [5.74, 6) is 0.0328. The zero-order valence-electron chi connectivity index (χ0n) is 12.5. The Labute approximate surface area is 142 Å². The molecule has 0 N–H and O–H groups in total. The molecule has 0 radical (unpaired) electrons. The normalized spacial score (nSPS) is 20.0. The molecular weight excluding hydrogens is 328 g/mol. The first-order chi connectivity index (χ1) is 11.3. The molecule has 0 unspecified atom stereocenters. The number of carbonyl (C=O) groups is 1. The van der Waals surface area contributed by atoms with E-state index in [4.69, 9.17) is 4.74 Å². The van der Waals surface area contributed by atoms with E-state index in [-0.39, 0.29) is 5.97 Å². The molecule has 2 aromatic rings. The lowest BCUT2D eigenvalue weighted by Crippen LogP contribution is -2.28. The third kappa shape index (κ3) is 3.09. The number of aliphatic imine (C=N–C) groups is 1. The SMILES string of the molecule is O=C1OC(c2cccs2)=N/C1=C\c1ccc(N2CCCCC2)s1. The molecule has 0 saturated carbocycles. The van der Waals surface area contributed by atoms with Crippen LogP contribution in [0.3, 0.4) is 0 Å². The fraction of sp³-hybridized carbons (Fsp3) is 0.294. The van der Waals surface area contributed by atoms with E-state index in [9.17, 15) is 4.79 Å². The number of esters is 1. The second-order valence-electron chi connectivity index (χ2n) is 5.54. The van der Waals surface area contributed by atoms with Crippen molar-refractivity contribution in [2.45, 2.75) is 19.3 Å². The summed E-state index contributed by atoms with van der Waals surface area (Å²) in [5, 5.41) is 3.21. The lowest BCUT2D eigenvalue weighted by molar-refractivity contribution is -0.129. The van der Waals surface area contributed by atoms with Gasteiger partial charge in [-0.05, 0) is 48.9 Å². The second-order valence-corrected chi connectivity index (χ2v) is 7.58. The molecular formula is C17H16N2O2S2. The smallest absolute Gasteiger partial charge is 0.363 e. The number of hydrogen-bond acceptors (Lipinski definition) is 6. The van der Waals surface area contributed by atoms with Crippen LogP contribution in [0.4, 0.5) is 5.00 Å². The summed E-state index contributed by atoms with van der Waals surface area (Å²) in [4.78, 5) is 20.7. The number of piperidine rings is 1. The van der Waals surface area contributed by atoms with Gasteiger partial charge in [0.05, 0.1) is 9.88 Å². The Balaban J connectivity index is 1.55. The molecule has 4 nitrogen and oxygen atoms in total. The molecule has 6 heteroatoms. The van der Waals surface area contributed by atoms with Crippen molar-refractivity contribution in [1.29, 1.82) is 0 Å². The van der Waals surface area contributed by atoms with E-state index >= 15 is 0 Å². The summed E-state index contributed by atoms with van der Waals surface area (Å²) in [6.07, 6.45) is 5.66. The molecule has 2 aliphatic rings. The van der Waals surface area contributed by atoms with Gasteiger partial charge in [0.2, 0.25) is 5.90 Å². The van der Waals surface area contributed by atoms with Gasteiger partial charge in [-0.3, -0.25) is 0 Å². The van der Waals surface area contributed by atoms with Crippen molar-refractivity contribution in [2.24, 2.45) is 4.99 Å². The highest BCUT2D eigenvalue weighted by atomic mass is 32.1. The number of rotatable bonds is 3. The van der Waals surface area contributed by atoms with Gasteiger partial charge >= 0.3 is 5.97 Å². The average Bonchev–Trinajstić information content (AvgIpc) is 3.31. The van der Waals surface area contributed by atoms with E-state index in [1.165, 1.54) is 35.6 Å². The van der Waals surface area contributed by atoms with Gasteiger partial charge in [-0.2, -0.15) is 0 Å². The van der Waals surface area contributed by atoms with Crippen molar-refractivity contribution in [2.75, 3.05) is 18.0 Å². The number of anilines is 1. The number of nitrogens with zero attached hydrogens (tertiary/aromatic N) is 2.